The molecular formula is C16H18N2O. The third-order valence-electron chi connectivity index (χ3n) is 3.80. The molecule has 3 rings (SSSR count). The molecule has 0 saturated heterocycles. The van der Waals surface area contributed by atoms with Crippen molar-refractivity contribution in [1.29, 1.82) is 0 Å². The maximum atomic E-state index is 12.1. The fraction of sp³-hybridized carbons (Fsp3) is 0.375. The van der Waals surface area contributed by atoms with Gasteiger partial charge in [0, 0.05) is 18.2 Å². The number of rotatable bonds is 2. The summed E-state index contributed by atoms with van der Waals surface area (Å²) in [6.07, 6.45) is 8.81. The van der Waals surface area contributed by atoms with Crippen molar-refractivity contribution in [2.45, 2.75) is 38.1 Å². The summed E-state index contributed by atoms with van der Waals surface area (Å²) in [5, 5.41) is 0. The molecule has 0 N–H and O–H groups in total. The lowest BCUT2D eigenvalue weighted by Crippen LogP contribution is -2.16. The highest BCUT2D eigenvalue weighted by molar-refractivity contribution is 5.82. The van der Waals surface area contributed by atoms with Crippen LogP contribution < -0.4 is 0 Å². The summed E-state index contributed by atoms with van der Waals surface area (Å²) < 4.78 is 2.00. The monoisotopic (exact) mass is 254 g/mol. The summed E-state index contributed by atoms with van der Waals surface area (Å²) in [5.41, 5.74) is 2.04. The number of hydrogen-bond acceptors (Lipinski definition) is 2. The van der Waals surface area contributed by atoms with Crippen molar-refractivity contribution < 1.29 is 4.79 Å². The second-order valence-electron chi connectivity index (χ2n) is 5.15. The van der Waals surface area contributed by atoms with Crippen LogP contribution in [0.4, 0.5) is 0 Å². The van der Waals surface area contributed by atoms with Gasteiger partial charge in [0.25, 0.3) is 0 Å². The van der Waals surface area contributed by atoms with Crippen LogP contribution in [0.25, 0.3) is 11.3 Å². The molecule has 0 spiro atoms. The first-order valence-electron chi connectivity index (χ1n) is 6.96. The van der Waals surface area contributed by atoms with Crippen LogP contribution in [0.1, 0.15) is 38.1 Å². The second kappa shape index (κ2) is 5.39. The van der Waals surface area contributed by atoms with Crippen LogP contribution in [-0.4, -0.2) is 15.3 Å². The van der Waals surface area contributed by atoms with Crippen LogP contribution in [0, 0.1) is 0 Å². The minimum atomic E-state index is -0.00698. The van der Waals surface area contributed by atoms with Crippen molar-refractivity contribution in [1.82, 2.24) is 9.55 Å². The predicted molar refractivity (Wildman–Crippen MR) is 74.8 cm³/mol. The molecule has 1 aliphatic carbocycles. The van der Waals surface area contributed by atoms with Crippen molar-refractivity contribution in [3.63, 3.8) is 0 Å². The molecule has 1 unspecified atom stereocenters. The average molecular weight is 254 g/mol. The van der Waals surface area contributed by atoms with E-state index in [0.717, 1.165) is 30.5 Å². The summed E-state index contributed by atoms with van der Waals surface area (Å²) in [6, 6.07) is 10.1. The van der Waals surface area contributed by atoms with Gasteiger partial charge in [-0.25, -0.2) is 4.98 Å². The first-order valence-corrected chi connectivity index (χ1v) is 6.96. The minimum absolute atomic E-state index is 0.00698. The minimum Gasteiger partial charge on any atom is -0.326 e. The van der Waals surface area contributed by atoms with Gasteiger partial charge in [-0.05, 0) is 12.8 Å². The summed E-state index contributed by atoms with van der Waals surface area (Å²) in [7, 11) is 0. The number of imidazole rings is 1. The maximum absolute atomic E-state index is 12.1. The summed E-state index contributed by atoms with van der Waals surface area (Å²) >= 11 is 0. The van der Waals surface area contributed by atoms with Gasteiger partial charge in [-0.2, -0.15) is 0 Å². The smallest absolute Gasteiger partial charge is 0.155 e. The Labute approximate surface area is 113 Å². The molecule has 0 radical (unpaired) electrons. The summed E-state index contributed by atoms with van der Waals surface area (Å²) in [4.78, 5) is 16.5. The number of ketones is 1. The molecule has 1 aromatic carbocycles. The van der Waals surface area contributed by atoms with Crippen molar-refractivity contribution in [3.05, 3.63) is 42.9 Å². The van der Waals surface area contributed by atoms with E-state index in [1.54, 1.807) is 6.33 Å². The molecule has 2 aromatic rings. The third kappa shape index (κ3) is 2.60. The van der Waals surface area contributed by atoms with Gasteiger partial charge in [0.2, 0.25) is 0 Å². The number of nitrogens with zero attached hydrogens (tertiary/aromatic N) is 2. The molecule has 0 amide bonds. The molecule has 1 aromatic heterocycles. The zero-order valence-corrected chi connectivity index (χ0v) is 11.0. The van der Waals surface area contributed by atoms with Gasteiger partial charge in [0.15, 0.2) is 5.78 Å². The topological polar surface area (TPSA) is 34.9 Å². The molecule has 1 saturated carbocycles. The van der Waals surface area contributed by atoms with Crippen LogP contribution in [-0.2, 0) is 4.79 Å². The lowest BCUT2D eigenvalue weighted by atomic mass is 10.1. The molecule has 3 heteroatoms. The first kappa shape index (κ1) is 12.2. The number of benzene rings is 1. The van der Waals surface area contributed by atoms with Crippen LogP contribution >= 0.6 is 0 Å². The van der Waals surface area contributed by atoms with E-state index >= 15 is 0 Å². The van der Waals surface area contributed by atoms with Gasteiger partial charge < -0.3 is 4.57 Å². The fourth-order valence-electron chi connectivity index (χ4n) is 2.72. The van der Waals surface area contributed by atoms with E-state index in [1.807, 2.05) is 41.1 Å². The van der Waals surface area contributed by atoms with Crippen molar-refractivity contribution in [2.24, 2.45) is 0 Å². The Morgan fingerprint density at radius 1 is 1.11 bits per heavy atom. The molecule has 0 bridgehead atoms. The van der Waals surface area contributed by atoms with E-state index in [1.165, 1.54) is 6.42 Å². The SMILES string of the molecule is O=C1CCCCCC1n1cnc(-c2ccccc2)c1. The van der Waals surface area contributed by atoms with Crippen molar-refractivity contribution in [3.8, 4) is 11.3 Å². The van der Waals surface area contributed by atoms with Gasteiger partial charge in [-0.3, -0.25) is 4.79 Å². The number of Topliss-reactive ketones (excluding diaryl/α,β-unsaturated/α-hetero) is 1. The summed E-state index contributed by atoms with van der Waals surface area (Å²) in [5.74, 6) is 0.356. The van der Waals surface area contributed by atoms with Crippen LogP contribution in [0.15, 0.2) is 42.9 Å². The van der Waals surface area contributed by atoms with E-state index in [0.29, 0.717) is 12.2 Å². The largest absolute Gasteiger partial charge is 0.326 e. The van der Waals surface area contributed by atoms with E-state index in [-0.39, 0.29) is 6.04 Å². The molecule has 1 heterocycles. The third-order valence-corrected chi connectivity index (χ3v) is 3.80. The van der Waals surface area contributed by atoms with E-state index < -0.39 is 0 Å². The zero-order chi connectivity index (χ0) is 13.1. The van der Waals surface area contributed by atoms with Crippen LogP contribution in [0.3, 0.4) is 0 Å². The number of aromatic nitrogens is 2. The molecule has 98 valence electrons. The number of hydrogen-bond donors (Lipinski definition) is 0. The zero-order valence-electron chi connectivity index (χ0n) is 11.0. The normalized spacial score (nSPS) is 20.2. The highest BCUT2D eigenvalue weighted by Crippen LogP contribution is 2.26. The molecule has 1 atom stereocenters. The molecule has 1 aliphatic rings. The Kier molecular flexibility index (Phi) is 3.45. The number of carbonyl (C=O) groups is 1. The van der Waals surface area contributed by atoms with Crippen molar-refractivity contribution in [2.75, 3.05) is 0 Å². The highest BCUT2D eigenvalue weighted by Gasteiger charge is 2.22. The van der Waals surface area contributed by atoms with E-state index in [2.05, 4.69) is 4.98 Å². The quantitative estimate of drug-likeness (QED) is 0.767. The Morgan fingerprint density at radius 3 is 2.79 bits per heavy atom. The van der Waals surface area contributed by atoms with Gasteiger partial charge in [-0.1, -0.05) is 43.2 Å². The van der Waals surface area contributed by atoms with Crippen LogP contribution in [0.5, 0.6) is 0 Å². The Morgan fingerprint density at radius 2 is 1.95 bits per heavy atom. The molecule has 3 nitrogen and oxygen atoms in total. The Bertz CT molecular complexity index is 559. The van der Waals surface area contributed by atoms with Crippen LogP contribution in [0.2, 0.25) is 0 Å². The van der Waals surface area contributed by atoms with E-state index in [4.69, 9.17) is 0 Å². The van der Waals surface area contributed by atoms with Gasteiger partial charge >= 0.3 is 0 Å². The molecule has 0 aliphatic heterocycles. The molecular weight excluding hydrogens is 236 g/mol. The number of carbonyl (C=O) groups excluding carboxylic acids is 1. The predicted octanol–water partition coefficient (Wildman–Crippen LogP) is 3.62. The standard InChI is InChI=1S/C16H18N2O/c19-16-10-6-2-5-9-15(16)18-11-14(17-12-18)13-7-3-1-4-8-13/h1,3-4,7-8,11-12,15H,2,5-6,9-10H2. The molecule has 19 heavy (non-hydrogen) atoms. The fourth-order valence-corrected chi connectivity index (χ4v) is 2.72. The lowest BCUT2D eigenvalue weighted by molar-refractivity contribution is -0.122. The van der Waals surface area contributed by atoms with Gasteiger partial charge in [-0.15, -0.1) is 0 Å². The average Bonchev–Trinajstić information content (AvgIpc) is 2.83. The Hall–Kier alpha value is -1.90. The Balaban J connectivity index is 1.86. The highest BCUT2D eigenvalue weighted by atomic mass is 16.1. The van der Waals surface area contributed by atoms with Gasteiger partial charge in [0.1, 0.15) is 0 Å². The summed E-state index contributed by atoms with van der Waals surface area (Å²) in [6.45, 7) is 0. The lowest BCUT2D eigenvalue weighted by Gasteiger charge is -2.13. The van der Waals surface area contributed by atoms with Crippen molar-refractivity contribution >= 4 is 5.78 Å². The first-order chi connectivity index (χ1) is 9.34. The maximum Gasteiger partial charge on any atom is 0.155 e. The van der Waals surface area contributed by atoms with E-state index in [9.17, 15) is 4.79 Å². The van der Waals surface area contributed by atoms with Gasteiger partial charge in [0.05, 0.1) is 18.1 Å². The second-order valence-corrected chi connectivity index (χ2v) is 5.15. The molecule has 1 fully saturated rings.